The van der Waals surface area contributed by atoms with Gasteiger partial charge in [0.05, 0.1) is 7.11 Å². The molecule has 3 N–H and O–H groups in total. The molecule has 8 heteroatoms. The van der Waals surface area contributed by atoms with Gasteiger partial charge < -0.3 is 15.2 Å². The molecule has 136 valence electrons. The number of hydrogen-bond acceptors (Lipinski definition) is 6. The normalized spacial score (nSPS) is 10.9. The Hall–Kier alpha value is -3.68. The third-order valence-corrected chi connectivity index (χ3v) is 4.10. The number of nitrogen functional groups attached to an aromatic ring is 1. The van der Waals surface area contributed by atoms with Crippen LogP contribution in [-0.4, -0.2) is 27.5 Å². The second kappa shape index (κ2) is 6.91. The molecule has 0 aliphatic rings. The van der Waals surface area contributed by atoms with Crippen molar-refractivity contribution in [1.82, 2.24) is 20.4 Å². The molecule has 0 bridgehead atoms. The number of H-pyrrole nitrogens is 1. The fraction of sp³-hybridized carbons (Fsp3) is 0.105. The minimum atomic E-state index is -0.290. The van der Waals surface area contributed by atoms with Crippen LogP contribution in [0.4, 0.5) is 10.2 Å². The Morgan fingerprint density at radius 2 is 1.89 bits per heavy atom. The highest BCUT2D eigenvalue weighted by molar-refractivity contribution is 5.79. The van der Waals surface area contributed by atoms with E-state index in [9.17, 15) is 4.39 Å². The summed E-state index contributed by atoms with van der Waals surface area (Å²) in [6.45, 7) is 0.206. The molecule has 0 saturated carbocycles. The third kappa shape index (κ3) is 3.37. The molecule has 2 aromatic heterocycles. The fourth-order valence-corrected chi connectivity index (χ4v) is 2.83. The predicted octanol–water partition coefficient (Wildman–Crippen LogP) is 3.33. The molecule has 0 amide bonds. The fourth-order valence-electron chi connectivity index (χ4n) is 2.83. The van der Waals surface area contributed by atoms with Crippen molar-refractivity contribution in [2.45, 2.75) is 6.61 Å². The van der Waals surface area contributed by atoms with E-state index in [0.717, 1.165) is 16.7 Å². The van der Waals surface area contributed by atoms with Gasteiger partial charge in [0, 0.05) is 11.6 Å². The molecule has 7 nitrogen and oxygen atoms in total. The zero-order chi connectivity index (χ0) is 18.8. The van der Waals surface area contributed by atoms with Crippen molar-refractivity contribution < 1.29 is 13.9 Å². The summed E-state index contributed by atoms with van der Waals surface area (Å²) in [5, 5.41) is 10.5. The lowest BCUT2D eigenvalue weighted by atomic mass is 10.0. The van der Waals surface area contributed by atoms with Gasteiger partial charge in [-0.15, -0.1) is 5.10 Å². The van der Waals surface area contributed by atoms with Crippen LogP contribution in [0.2, 0.25) is 0 Å². The van der Waals surface area contributed by atoms with Crippen molar-refractivity contribution in [3.05, 3.63) is 59.9 Å². The van der Waals surface area contributed by atoms with E-state index in [0.29, 0.717) is 22.7 Å². The van der Waals surface area contributed by atoms with E-state index in [1.165, 1.54) is 12.1 Å². The maximum Gasteiger partial charge on any atom is 0.207 e. The van der Waals surface area contributed by atoms with Gasteiger partial charge in [-0.25, -0.2) is 9.37 Å². The summed E-state index contributed by atoms with van der Waals surface area (Å²) in [5.74, 6) is 1.12. The number of aromatic amines is 1. The predicted molar refractivity (Wildman–Crippen MR) is 98.8 cm³/mol. The number of nitrogens with one attached hydrogen (secondary N) is 1. The summed E-state index contributed by atoms with van der Waals surface area (Å²) >= 11 is 0. The molecule has 0 saturated heterocycles. The summed E-state index contributed by atoms with van der Waals surface area (Å²) in [5.41, 5.74) is 9.08. The zero-order valence-corrected chi connectivity index (χ0v) is 14.4. The molecule has 2 heterocycles. The highest BCUT2D eigenvalue weighted by atomic mass is 19.1. The molecule has 27 heavy (non-hydrogen) atoms. The molecule has 0 fully saturated rings. The van der Waals surface area contributed by atoms with Crippen molar-refractivity contribution in [2.75, 3.05) is 12.8 Å². The Morgan fingerprint density at radius 1 is 1.04 bits per heavy atom. The van der Waals surface area contributed by atoms with Crippen LogP contribution in [0.15, 0.2) is 48.5 Å². The number of ether oxygens (including phenoxy) is 2. The number of fused-ring (bicyclic) bond motifs is 1. The Kier molecular flexibility index (Phi) is 4.29. The van der Waals surface area contributed by atoms with Crippen LogP contribution in [0.1, 0.15) is 5.56 Å². The number of nitrogens with zero attached hydrogens (tertiary/aromatic N) is 3. The van der Waals surface area contributed by atoms with E-state index in [1.54, 1.807) is 19.2 Å². The lowest BCUT2D eigenvalue weighted by Gasteiger charge is -2.13. The average molecular weight is 365 g/mol. The summed E-state index contributed by atoms with van der Waals surface area (Å²) in [4.78, 5) is 4.08. The van der Waals surface area contributed by atoms with Gasteiger partial charge in [0.1, 0.15) is 24.0 Å². The second-order valence-electron chi connectivity index (χ2n) is 5.87. The van der Waals surface area contributed by atoms with E-state index < -0.39 is 0 Å². The van der Waals surface area contributed by atoms with E-state index >= 15 is 0 Å². The Labute approximate surface area is 153 Å². The van der Waals surface area contributed by atoms with Crippen LogP contribution in [0.25, 0.3) is 22.3 Å². The van der Waals surface area contributed by atoms with Gasteiger partial charge in [0.15, 0.2) is 11.3 Å². The van der Waals surface area contributed by atoms with Crippen molar-refractivity contribution in [3.63, 3.8) is 0 Å². The summed E-state index contributed by atoms with van der Waals surface area (Å²) in [7, 11) is 1.58. The molecule has 0 radical (unpaired) electrons. The van der Waals surface area contributed by atoms with Gasteiger partial charge in [-0.05, 0) is 35.4 Å². The zero-order valence-electron chi connectivity index (χ0n) is 14.4. The Balaban J connectivity index is 1.66. The van der Waals surface area contributed by atoms with E-state index in [1.807, 2.05) is 24.3 Å². The molecular formula is C19H16FN5O2. The van der Waals surface area contributed by atoms with E-state index in [2.05, 4.69) is 20.4 Å². The molecular weight excluding hydrogens is 349 g/mol. The topological polar surface area (TPSA) is 98.9 Å². The number of halogens is 1. The average Bonchev–Trinajstić information content (AvgIpc) is 3.14. The quantitative estimate of drug-likeness (QED) is 0.563. The maximum absolute atomic E-state index is 13.5. The minimum Gasteiger partial charge on any atom is -0.496 e. The molecule has 0 atom stereocenters. The van der Waals surface area contributed by atoms with E-state index in [-0.39, 0.29) is 18.2 Å². The van der Waals surface area contributed by atoms with Crippen molar-refractivity contribution in [3.8, 4) is 22.6 Å². The van der Waals surface area contributed by atoms with E-state index in [4.69, 9.17) is 15.2 Å². The van der Waals surface area contributed by atoms with Crippen molar-refractivity contribution >= 4 is 17.0 Å². The molecule has 4 aromatic rings. The summed E-state index contributed by atoms with van der Waals surface area (Å²) < 4.78 is 24.9. The number of aromatic nitrogens is 4. The molecule has 0 aliphatic heterocycles. The van der Waals surface area contributed by atoms with Gasteiger partial charge >= 0.3 is 0 Å². The first-order valence-corrected chi connectivity index (χ1v) is 8.16. The highest BCUT2D eigenvalue weighted by Gasteiger charge is 2.12. The molecule has 0 unspecified atom stereocenters. The SMILES string of the molecule is COc1ccc(-c2cccc(F)c2)cc1COc1cc(N)nc2n[nH]nc12. The molecule has 2 aromatic carbocycles. The standard InChI is InChI=1S/C19H16FN5O2/c1-26-15-6-5-12(11-3-2-4-14(20)8-11)7-13(15)10-27-16-9-17(21)22-19-18(16)23-25-24-19/h2-9H,10H2,1H3,(H3,21,22,23,24,25). The second-order valence-corrected chi connectivity index (χ2v) is 5.87. The number of hydrogen-bond donors (Lipinski definition) is 2. The summed E-state index contributed by atoms with van der Waals surface area (Å²) in [6.07, 6.45) is 0. The largest absolute Gasteiger partial charge is 0.496 e. The van der Waals surface area contributed by atoms with Crippen LogP contribution < -0.4 is 15.2 Å². The highest BCUT2D eigenvalue weighted by Crippen LogP contribution is 2.29. The molecule has 4 rings (SSSR count). The number of nitrogens with two attached hydrogens (primary N) is 1. The Bertz CT molecular complexity index is 1110. The number of methoxy groups -OCH3 is 1. The van der Waals surface area contributed by atoms with Crippen LogP contribution in [0.3, 0.4) is 0 Å². The number of rotatable bonds is 5. The van der Waals surface area contributed by atoms with Gasteiger partial charge in [-0.3, -0.25) is 0 Å². The van der Waals surface area contributed by atoms with Gasteiger partial charge in [0.2, 0.25) is 5.65 Å². The smallest absolute Gasteiger partial charge is 0.207 e. The minimum absolute atomic E-state index is 0.206. The first kappa shape index (κ1) is 16.8. The van der Waals surface area contributed by atoms with Crippen LogP contribution in [0.5, 0.6) is 11.5 Å². The number of anilines is 1. The van der Waals surface area contributed by atoms with Crippen LogP contribution >= 0.6 is 0 Å². The first-order valence-electron chi connectivity index (χ1n) is 8.16. The maximum atomic E-state index is 13.5. The lowest BCUT2D eigenvalue weighted by Crippen LogP contribution is -2.01. The van der Waals surface area contributed by atoms with Gasteiger partial charge in [-0.1, -0.05) is 18.2 Å². The molecule has 0 aliphatic carbocycles. The first-order chi connectivity index (χ1) is 13.1. The number of benzene rings is 2. The van der Waals surface area contributed by atoms with Gasteiger partial charge in [-0.2, -0.15) is 10.3 Å². The monoisotopic (exact) mass is 365 g/mol. The van der Waals surface area contributed by atoms with Crippen molar-refractivity contribution in [1.29, 1.82) is 0 Å². The van der Waals surface area contributed by atoms with Crippen LogP contribution in [0, 0.1) is 5.82 Å². The number of pyridine rings is 1. The lowest BCUT2D eigenvalue weighted by molar-refractivity contribution is 0.299. The van der Waals surface area contributed by atoms with Crippen molar-refractivity contribution in [2.24, 2.45) is 0 Å². The van der Waals surface area contributed by atoms with Gasteiger partial charge in [0.25, 0.3) is 0 Å². The van der Waals surface area contributed by atoms with Crippen LogP contribution in [-0.2, 0) is 6.61 Å². The third-order valence-electron chi connectivity index (χ3n) is 4.10. The summed E-state index contributed by atoms with van der Waals surface area (Å²) in [6, 6.07) is 13.6. The molecule has 0 spiro atoms. The Morgan fingerprint density at radius 3 is 2.70 bits per heavy atom.